The van der Waals surface area contributed by atoms with Gasteiger partial charge >= 0.3 is 0 Å². The summed E-state index contributed by atoms with van der Waals surface area (Å²) in [7, 11) is 3.25. The van der Waals surface area contributed by atoms with E-state index >= 15 is 0 Å². The van der Waals surface area contributed by atoms with Crippen LogP contribution in [0.15, 0.2) is 30.3 Å². The predicted octanol–water partition coefficient (Wildman–Crippen LogP) is 4.68. The van der Waals surface area contributed by atoms with Crippen LogP contribution in [0.4, 0.5) is 21.6 Å². The maximum absolute atomic E-state index is 13.3. The topological polar surface area (TPSA) is 87.5 Å². The number of carbonyl (C=O) groups is 1. The number of carbonyl (C=O) groups excluding carboxylic acids is 1. The number of aldehydes is 1. The maximum atomic E-state index is 13.3. The molecule has 2 N–H and O–H groups in total. The Labute approximate surface area is 194 Å². The molecule has 0 unspecified atom stereocenters. The van der Waals surface area contributed by atoms with E-state index in [1.54, 1.807) is 32.4 Å². The van der Waals surface area contributed by atoms with Crippen molar-refractivity contribution in [3.05, 3.63) is 47.4 Å². The van der Waals surface area contributed by atoms with Crippen molar-refractivity contribution in [3.8, 4) is 0 Å². The number of rotatable bonds is 6. The van der Waals surface area contributed by atoms with Crippen molar-refractivity contribution in [2.24, 2.45) is 11.3 Å². The zero-order chi connectivity index (χ0) is 24.0. The van der Waals surface area contributed by atoms with E-state index in [0.29, 0.717) is 28.5 Å². The number of nitrogens with zero attached hydrogens (tertiary/aromatic N) is 2. The lowest BCUT2D eigenvalue weighted by Gasteiger charge is -2.53. The van der Waals surface area contributed by atoms with Crippen LogP contribution in [0.25, 0.3) is 0 Å². The number of pyridine rings is 1. The molecule has 1 aromatic carbocycles. The zero-order valence-corrected chi connectivity index (χ0v) is 19.8. The molecule has 2 aliphatic rings. The molecular formula is C25H33FN4O3. The lowest BCUT2D eigenvalue weighted by atomic mass is 9.75. The number of methoxy groups -OCH3 is 1. The average molecular weight is 457 g/mol. The third kappa shape index (κ3) is 5.75. The van der Waals surface area contributed by atoms with Crippen LogP contribution in [-0.4, -0.2) is 57.5 Å². The summed E-state index contributed by atoms with van der Waals surface area (Å²) in [6.45, 7) is 7.18. The van der Waals surface area contributed by atoms with Gasteiger partial charge in [0.25, 0.3) is 0 Å². The quantitative estimate of drug-likeness (QED) is 0.485. The van der Waals surface area contributed by atoms with Crippen LogP contribution < -0.4 is 10.2 Å². The highest BCUT2D eigenvalue weighted by atomic mass is 19.1. The molecule has 0 aliphatic carbocycles. The Morgan fingerprint density at radius 3 is 2.52 bits per heavy atom. The van der Waals surface area contributed by atoms with Crippen LogP contribution in [0.5, 0.6) is 0 Å². The average Bonchev–Trinajstić information content (AvgIpc) is 2.79. The highest BCUT2D eigenvalue weighted by Gasteiger charge is 2.45. The van der Waals surface area contributed by atoms with Gasteiger partial charge in [0.05, 0.1) is 17.9 Å². The van der Waals surface area contributed by atoms with E-state index in [9.17, 15) is 9.18 Å². The van der Waals surface area contributed by atoms with E-state index in [4.69, 9.17) is 10.1 Å². The van der Waals surface area contributed by atoms with Crippen molar-refractivity contribution in [1.82, 2.24) is 4.98 Å². The van der Waals surface area contributed by atoms with Gasteiger partial charge in [-0.3, -0.25) is 4.79 Å². The molecule has 178 valence electrons. The lowest BCUT2D eigenvalue weighted by molar-refractivity contribution is -0.0234. The number of aromatic nitrogens is 1. The molecule has 0 bridgehead atoms. The number of benzene rings is 1. The molecule has 8 heteroatoms. The molecule has 0 amide bonds. The van der Waals surface area contributed by atoms with E-state index < -0.39 is 0 Å². The molecule has 0 atom stereocenters. The van der Waals surface area contributed by atoms with Crippen LogP contribution in [0.2, 0.25) is 0 Å². The Bertz CT molecular complexity index is 964. The molecule has 4 rings (SSSR count). The number of hydrogen-bond donors (Lipinski definition) is 2. The minimum absolute atomic E-state index is 0.0188. The van der Waals surface area contributed by atoms with E-state index in [2.05, 4.69) is 19.9 Å². The molecule has 1 aromatic heterocycles. The Morgan fingerprint density at radius 2 is 1.97 bits per heavy atom. The van der Waals surface area contributed by atoms with Crippen molar-refractivity contribution in [2.75, 3.05) is 50.7 Å². The van der Waals surface area contributed by atoms with Gasteiger partial charge in [0.2, 0.25) is 0 Å². The third-order valence-electron chi connectivity index (χ3n) is 5.89. The van der Waals surface area contributed by atoms with Gasteiger partial charge in [0.1, 0.15) is 17.3 Å². The highest BCUT2D eigenvalue weighted by molar-refractivity contribution is 6.09. The summed E-state index contributed by atoms with van der Waals surface area (Å²) in [6, 6.07) is 7.73. The van der Waals surface area contributed by atoms with Crippen LogP contribution >= 0.6 is 0 Å². The van der Waals surface area contributed by atoms with E-state index in [-0.39, 0.29) is 17.2 Å². The summed E-state index contributed by atoms with van der Waals surface area (Å²) in [5.74, 6) is 0.0990. The zero-order valence-electron chi connectivity index (χ0n) is 19.8. The Hall–Kier alpha value is -2.84. The Balaban J connectivity index is 0.000000968. The molecule has 33 heavy (non-hydrogen) atoms. The first-order valence-electron chi connectivity index (χ1n) is 11.2. The van der Waals surface area contributed by atoms with Crippen LogP contribution in [0.3, 0.4) is 0 Å². The van der Waals surface area contributed by atoms with Gasteiger partial charge in [-0.2, -0.15) is 0 Å². The first-order chi connectivity index (χ1) is 15.8. The number of nitrogens with one attached hydrogen (secondary N) is 2. The second kappa shape index (κ2) is 10.9. The first kappa shape index (κ1) is 24.8. The number of hydrogen-bond acceptors (Lipinski definition) is 7. The van der Waals surface area contributed by atoms with Crippen molar-refractivity contribution in [3.63, 3.8) is 0 Å². The molecule has 2 saturated heterocycles. The molecule has 2 aliphatic heterocycles. The van der Waals surface area contributed by atoms with Crippen LogP contribution in [0, 0.1) is 22.6 Å². The molecule has 0 saturated carbocycles. The fraction of sp³-hybridized carbons (Fsp3) is 0.480. The highest BCUT2D eigenvalue weighted by Crippen LogP contribution is 2.43. The number of anilines is 3. The van der Waals surface area contributed by atoms with Crippen LogP contribution in [-0.2, 0) is 9.47 Å². The summed E-state index contributed by atoms with van der Waals surface area (Å²) < 4.78 is 23.3. The molecule has 0 radical (unpaired) electrons. The van der Waals surface area contributed by atoms with Gasteiger partial charge in [-0.25, -0.2) is 9.37 Å². The largest absolute Gasteiger partial charge is 0.388 e. The number of halogens is 1. The Morgan fingerprint density at radius 1 is 1.30 bits per heavy atom. The summed E-state index contributed by atoms with van der Waals surface area (Å²) in [5, 5.41) is 11.9. The normalized spacial score (nSPS) is 16.6. The van der Waals surface area contributed by atoms with E-state index in [0.717, 1.165) is 51.1 Å². The minimum atomic E-state index is -0.327. The van der Waals surface area contributed by atoms with Crippen LogP contribution in [0.1, 0.15) is 42.7 Å². The molecule has 7 nitrogen and oxygen atoms in total. The maximum Gasteiger partial charge on any atom is 0.168 e. The number of ether oxygens (including phenoxy) is 2. The fourth-order valence-corrected chi connectivity index (χ4v) is 4.27. The van der Waals surface area contributed by atoms with Crippen molar-refractivity contribution >= 4 is 29.2 Å². The molecule has 1 spiro atoms. The van der Waals surface area contributed by atoms with Crippen molar-refractivity contribution in [1.29, 1.82) is 5.41 Å². The second-order valence-electron chi connectivity index (χ2n) is 9.03. The molecule has 3 heterocycles. The van der Waals surface area contributed by atoms with Gasteiger partial charge < -0.3 is 25.1 Å². The predicted molar refractivity (Wildman–Crippen MR) is 129 cm³/mol. The third-order valence-corrected chi connectivity index (χ3v) is 5.89. The summed E-state index contributed by atoms with van der Waals surface area (Å²) >= 11 is 0. The summed E-state index contributed by atoms with van der Waals surface area (Å²) in [4.78, 5) is 18.3. The summed E-state index contributed by atoms with van der Waals surface area (Å²) in [5.41, 5.74) is 3.08. The van der Waals surface area contributed by atoms with Gasteiger partial charge in [0, 0.05) is 50.7 Å². The van der Waals surface area contributed by atoms with E-state index in [1.165, 1.54) is 12.1 Å². The standard InChI is InChI=1S/C23H27FN4O2.C2H6O/c1-15(2)21(25)20-19(28-12-23(13-28)8-3-9-30-14-23)10-18(11-29)27-22(20)26-17-6-4-16(24)5-7-17;1-3-2/h4-7,10-11,15,25H,3,8-9,12-14H2,1-2H3,(H,26,27);1-2H3. The second-order valence-corrected chi connectivity index (χ2v) is 9.03. The van der Waals surface area contributed by atoms with Crippen molar-refractivity contribution in [2.45, 2.75) is 26.7 Å². The molecule has 2 fully saturated rings. The van der Waals surface area contributed by atoms with Crippen molar-refractivity contribution < 1.29 is 18.7 Å². The van der Waals surface area contributed by atoms with E-state index in [1.807, 2.05) is 13.8 Å². The lowest BCUT2D eigenvalue weighted by Crippen LogP contribution is -2.60. The van der Waals surface area contributed by atoms with Gasteiger partial charge in [-0.05, 0) is 49.1 Å². The Kier molecular flexibility index (Phi) is 8.15. The summed E-state index contributed by atoms with van der Waals surface area (Å²) in [6.07, 6.45) is 2.92. The SMILES string of the molecule is CC(C)C(=N)c1c(N2CC3(CCCOC3)C2)cc(C=O)nc1Nc1ccc(F)cc1.COC. The molecule has 2 aromatic rings. The van der Waals surface area contributed by atoms with Gasteiger partial charge in [0.15, 0.2) is 6.29 Å². The minimum Gasteiger partial charge on any atom is -0.388 e. The fourth-order valence-electron chi connectivity index (χ4n) is 4.27. The van der Waals surface area contributed by atoms with Gasteiger partial charge in [-0.15, -0.1) is 0 Å². The monoisotopic (exact) mass is 456 g/mol. The molecular weight excluding hydrogens is 423 g/mol. The van der Waals surface area contributed by atoms with Gasteiger partial charge in [-0.1, -0.05) is 13.8 Å². The first-order valence-corrected chi connectivity index (χ1v) is 11.2. The smallest absolute Gasteiger partial charge is 0.168 e.